The first-order valence-corrected chi connectivity index (χ1v) is 0. The van der Waals surface area contributed by atoms with Gasteiger partial charge in [-0.05, 0) is 0 Å². The average Bonchev–Trinajstić information content (AvgIpc) is 0. The Balaban J connectivity index is 0. The molecular formula is H3EuFeGaY. The van der Waals surface area contributed by atoms with Crippen LogP contribution in [-0.4, -0.2) is 19.8 Å². The fourth-order valence-corrected chi connectivity index (χ4v) is 0. The molecule has 0 saturated heterocycles. The van der Waals surface area contributed by atoms with Crippen LogP contribution in [0.3, 0.4) is 0 Å². The molecular weight excluding hydrogens is 366 g/mol. The molecule has 0 heterocycles. The minimum Gasteiger partial charge on any atom is 0 e. The Hall–Kier alpha value is 3.84. The van der Waals surface area contributed by atoms with Gasteiger partial charge >= 0.3 is 19.8 Å². The third-order valence-corrected chi connectivity index (χ3v) is 0. The largest absolute Gasteiger partial charge is 0 e. The van der Waals surface area contributed by atoms with Gasteiger partial charge in [0.1, 0.15) is 0 Å². The molecule has 0 aliphatic heterocycles. The molecule has 0 amide bonds. The summed E-state index contributed by atoms with van der Waals surface area (Å²) in [6.07, 6.45) is 0. The van der Waals surface area contributed by atoms with E-state index in [1.807, 2.05) is 0 Å². The molecule has 0 unspecified atom stereocenters. The van der Waals surface area contributed by atoms with Crippen molar-refractivity contribution in [2.24, 2.45) is 0 Å². The molecule has 0 aromatic carbocycles. The summed E-state index contributed by atoms with van der Waals surface area (Å²) in [5, 5.41) is 0. The van der Waals surface area contributed by atoms with Gasteiger partial charge < -0.3 is 0 Å². The van der Waals surface area contributed by atoms with Crippen LogP contribution in [0, 0.1) is 49.4 Å². The van der Waals surface area contributed by atoms with Crippen molar-refractivity contribution < 1.29 is 99.2 Å². The fourth-order valence-electron chi connectivity index (χ4n) is 0. The van der Waals surface area contributed by atoms with Crippen molar-refractivity contribution in [3.05, 3.63) is 0 Å². The SMILES string of the molecule is [Eu].[Fe].[GaH3].[Y]. The molecule has 2 radical (unpaired) electrons. The number of rotatable bonds is 0. The van der Waals surface area contributed by atoms with Gasteiger partial charge in [0.05, 0.1) is 0 Å². The third kappa shape index (κ3) is 9.28. The molecule has 0 aromatic rings. The molecule has 4 heavy (non-hydrogen) atoms. The first kappa shape index (κ1) is 24.9. The van der Waals surface area contributed by atoms with E-state index >= 15 is 0 Å². The van der Waals surface area contributed by atoms with Crippen molar-refractivity contribution in [2.75, 3.05) is 0 Å². The van der Waals surface area contributed by atoms with Crippen molar-refractivity contribution >= 4 is 19.8 Å². The van der Waals surface area contributed by atoms with Crippen LogP contribution >= 0.6 is 0 Å². The topological polar surface area (TPSA) is 0 Å². The Bertz CT molecular complexity index is 8.00. The molecule has 0 bridgehead atoms. The average molecular weight is 369 g/mol. The van der Waals surface area contributed by atoms with E-state index < -0.39 is 0 Å². The van der Waals surface area contributed by atoms with E-state index in [2.05, 4.69) is 0 Å². The Morgan fingerprint density at radius 1 is 1.00 bits per heavy atom. The molecule has 0 atom stereocenters. The molecule has 0 aliphatic rings. The van der Waals surface area contributed by atoms with Crippen molar-refractivity contribution in [3.63, 3.8) is 0 Å². The minimum atomic E-state index is 0. The predicted molar refractivity (Wildman–Crippen MR) is 9.94 cm³/mol. The van der Waals surface area contributed by atoms with Gasteiger partial charge in [-0.1, -0.05) is 0 Å². The molecule has 0 saturated carbocycles. The molecule has 24 valence electrons. The monoisotopic (exact) mass is 370 g/mol. The number of hydrogen-bond donors (Lipinski definition) is 0. The molecule has 0 aromatic heterocycles. The molecule has 0 aliphatic carbocycles. The van der Waals surface area contributed by atoms with Crippen LogP contribution in [0.15, 0.2) is 0 Å². The van der Waals surface area contributed by atoms with Crippen LogP contribution in [0.4, 0.5) is 0 Å². The van der Waals surface area contributed by atoms with Crippen molar-refractivity contribution in [2.45, 2.75) is 0 Å². The van der Waals surface area contributed by atoms with Crippen LogP contribution in [0.2, 0.25) is 0 Å². The maximum atomic E-state index is 0. The van der Waals surface area contributed by atoms with Crippen LogP contribution in [0.1, 0.15) is 0 Å². The Kier molecular flexibility index (Phi) is 98.3. The van der Waals surface area contributed by atoms with Gasteiger partial charge in [-0.2, -0.15) is 0 Å². The summed E-state index contributed by atoms with van der Waals surface area (Å²) in [5.41, 5.74) is 0. The fraction of sp³-hybridized carbons (Fsp3) is 0. The summed E-state index contributed by atoms with van der Waals surface area (Å²) in [6, 6.07) is 0. The second kappa shape index (κ2) is 15.8. The summed E-state index contributed by atoms with van der Waals surface area (Å²) in [4.78, 5) is 0. The maximum Gasteiger partial charge on any atom is 0 e. The van der Waals surface area contributed by atoms with E-state index in [-0.39, 0.29) is 119 Å². The Morgan fingerprint density at radius 3 is 1.00 bits per heavy atom. The zero-order chi connectivity index (χ0) is 0. The Labute approximate surface area is 116 Å². The molecule has 0 rings (SSSR count). The van der Waals surface area contributed by atoms with E-state index in [1.54, 1.807) is 0 Å². The van der Waals surface area contributed by atoms with E-state index in [4.69, 9.17) is 0 Å². The predicted octanol–water partition coefficient (Wildman–Crippen LogP) is -1.19. The van der Waals surface area contributed by atoms with E-state index in [9.17, 15) is 0 Å². The summed E-state index contributed by atoms with van der Waals surface area (Å²) in [6.45, 7) is 0. The summed E-state index contributed by atoms with van der Waals surface area (Å²) in [5.74, 6) is 0. The second-order valence-corrected chi connectivity index (χ2v) is 0. The molecule has 0 nitrogen and oxygen atoms in total. The molecule has 0 fully saturated rings. The van der Waals surface area contributed by atoms with Crippen molar-refractivity contribution in [3.8, 4) is 0 Å². The quantitative estimate of drug-likeness (QED) is 0.471. The van der Waals surface area contributed by atoms with Crippen LogP contribution < -0.4 is 0 Å². The van der Waals surface area contributed by atoms with Gasteiger partial charge in [-0.3, -0.25) is 0 Å². The van der Waals surface area contributed by atoms with Crippen molar-refractivity contribution in [1.29, 1.82) is 0 Å². The van der Waals surface area contributed by atoms with Gasteiger partial charge in [0.15, 0.2) is 0 Å². The first-order valence-electron chi connectivity index (χ1n) is 0. The summed E-state index contributed by atoms with van der Waals surface area (Å²) >= 11 is 0. The van der Waals surface area contributed by atoms with Gasteiger partial charge in [0.2, 0.25) is 0 Å². The zero-order valence-electron chi connectivity index (χ0n) is 1.31. The van der Waals surface area contributed by atoms with Gasteiger partial charge in [0, 0.05) is 99.2 Å². The second-order valence-electron chi connectivity index (χ2n) is 0. The van der Waals surface area contributed by atoms with E-state index in [0.717, 1.165) is 0 Å². The normalized spacial score (nSPS) is 0. The minimum absolute atomic E-state index is 0. The Morgan fingerprint density at radius 2 is 1.00 bits per heavy atom. The van der Waals surface area contributed by atoms with Crippen LogP contribution in [-0.2, 0) is 49.8 Å². The third-order valence-electron chi connectivity index (χ3n) is 0. The standard InChI is InChI=1S/Eu.Fe.Ga.Y.3H. The summed E-state index contributed by atoms with van der Waals surface area (Å²) < 4.78 is 0. The maximum absolute atomic E-state index is 0. The van der Waals surface area contributed by atoms with Crippen LogP contribution in [0.5, 0.6) is 0 Å². The van der Waals surface area contributed by atoms with E-state index in [1.165, 1.54) is 0 Å². The van der Waals surface area contributed by atoms with E-state index in [0.29, 0.717) is 0 Å². The van der Waals surface area contributed by atoms with Crippen LogP contribution in [0.25, 0.3) is 0 Å². The first-order chi connectivity index (χ1) is 0. The molecule has 0 N–H and O–H groups in total. The smallest absolute Gasteiger partial charge is 0 e. The van der Waals surface area contributed by atoms with Gasteiger partial charge in [-0.15, -0.1) is 0 Å². The zero-order valence-corrected chi connectivity index (χ0v) is 7.68. The van der Waals surface area contributed by atoms with Gasteiger partial charge in [-0.25, -0.2) is 0 Å². The van der Waals surface area contributed by atoms with Crippen molar-refractivity contribution in [1.82, 2.24) is 0 Å². The van der Waals surface area contributed by atoms with Gasteiger partial charge in [0.25, 0.3) is 0 Å². The molecule has 4 heteroatoms. The number of hydrogen-bond acceptors (Lipinski definition) is 0. The summed E-state index contributed by atoms with van der Waals surface area (Å²) in [7, 11) is 0. The molecule has 0 spiro atoms.